The number of aromatic carboxylic acids is 1. The lowest BCUT2D eigenvalue weighted by atomic mass is 9.90. The van der Waals surface area contributed by atoms with Gasteiger partial charge in [0.2, 0.25) is 0 Å². The number of hydrogen-bond acceptors (Lipinski definition) is 5. The Kier molecular flexibility index (Phi) is 7.84. The smallest absolute Gasteiger partial charge is 0.336 e. The molecule has 0 saturated carbocycles. The van der Waals surface area contributed by atoms with Crippen molar-refractivity contribution < 1.29 is 14.7 Å². The molecule has 0 unspecified atom stereocenters. The molecule has 212 valence electrons. The zero-order chi connectivity index (χ0) is 30.0. The van der Waals surface area contributed by atoms with E-state index in [9.17, 15) is 24.3 Å². The number of amides is 1. The van der Waals surface area contributed by atoms with E-state index in [1.54, 1.807) is 0 Å². The topological polar surface area (TPSA) is 152 Å². The van der Waals surface area contributed by atoms with Gasteiger partial charge in [-0.3, -0.25) is 24.8 Å². The molecular formula is C33H30N4O5. The van der Waals surface area contributed by atoms with E-state index in [0.717, 1.165) is 22.3 Å². The van der Waals surface area contributed by atoms with Crippen molar-refractivity contribution in [2.24, 2.45) is 0 Å². The van der Waals surface area contributed by atoms with E-state index in [0.29, 0.717) is 19.4 Å². The molecule has 42 heavy (non-hydrogen) atoms. The summed E-state index contributed by atoms with van der Waals surface area (Å²) in [5, 5.41) is 25.1. The van der Waals surface area contributed by atoms with Gasteiger partial charge in [-0.05, 0) is 56.0 Å². The number of carbonyl (C=O) groups is 2. The summed E-state index contributed by atoms with van der Waals surface area (Å²) in [6.45, 7) is 4.55. The van der Waals surface area contributed by atoms with Gasteiger partial charge in [-0.15, -0.1) is 0 Å². The highest BCUT2D eigenvalue weighted by molar-refractivity contribution is 6.27. The summed E-state index contributed by atoms with van der Waals surface area (Å²) in [4.78, 5) is 54.3. The second-order valence-electron chi connectivity index (χ2n) is 10.4. The number of rotatable bonds is 9. The zero-order valence-electron chi connectivity index (χ0n) is 23.3. The fourth-order valence-electron chi connectivity index (χ4n) is 5.36. The van der Waals surface area contributed by atoms with E-state index in [-0.39, 0.29) is 50.6 Å². The SMILES string of the molecule is Cc1cccc(CCNC(=N)c2c(C(=O)O)cc(C(=O)NCCc3cccc(C)c3)c3c4ccc(c(=O)[nH]c4=O)c23)c1. The van der Waals surface area contributed by atoms with Crippen LogP contribution in [-0.2, 0) is 12.8 Å². The van der Waals surface area contributed by atoms with Crippen molar-refractivity contribution in [1.29, 1.82) is 5.41 Å². The van der Waals surface area contributed by atoms with Crippen LogP contribution >= 0.6 is 0 Å². The van der Waals surface area contributed by atoms with Crippen molar-refractivity contribution in [2.75, 3.05) is 13.1 Å². The predicted molar refractivity (Wildman–Crippen MR) is 163 cm³/mol. The van der Waals surface area contributed by atoms with Gasteiger partial charge in [0.25, 0.3) is 17.0 Å². The molecule has 5 N–H and O–H groups in total. The molecule has 9 nitrogen and oxygen atoms in total. The quantitative estimate of drug-likeness (QED) is 0.136. The zero-order valence-corrected chi connectivity index (χ0v) is 23.3. The van der Waals surface area contributed by atoms with Crippen molar-refractivity contribution >= 4 is 39.3 Å². The minimum atomic E-state index is -1.37. The van der Waals surface area contributed by atoms with Gasteiger partial charge in [-0.1, -0.05) is 59.7 Å². The van der Waals surface area contributed by atoms with Crippen LogP contribution in [0, 0.1) is 19.3 Å². The molecule has 1 amide bonds. The van der Waals surface area contributed by atoms with Gasteiger partial charge in [-0.2, -0.15) is 0 Å². The number of aryl methyl sites for hydroxylation is 2. The van der Waals surface area contributed by atoms with Crippen LogP contribution in [0.4, 0.5) is 0 Å². The second kappa shape index (κ2) is 11.7. The lowest BCUT2D eigenvalue weighted by molar-refractivity contribution is 0.0696. The Morgan fingerprint density at radius 2 is 1.31 bits per heavy atom. The Hall–Kier alpha value is -5.31. The molecule has 0 aliphatic heterocycles. The summed E-state index contributed by atoms with van der Waals surface area (Å²) in [6.07, 6.45) is 1.12. The Balaban J connectivity index is 1.58. The van der Waals surface area contributed by atoms with Gasteiger partial charge < -0.3 is 15.7 Å². The van der Waals surface area contributed by atoms with Crippen LogP contribution in [0.5, 0.6) is 0 Å². The maximum Gasteiger partial charge on any atom is 0.336 e. The summed E-state index contributed by atoms with van der Waals surface area (Å²) < 4.78 is 0. The van der Waals surface area contributed by atoms with Gasteiger partial charge in [-0.25, -0.2) is 4.79 Å². The lowest BCUT2D eigenvalue weighted by Gasteiger charge is -2.17. The molecule has 0 radical (unpaired) electrons. The maximum absolute atomic E-state index is 13.5. The van der Waals surface area contributed by atoms with E-state index in [2.05, 4.69) is 15.6 Å². The highest BCUT2D eigenvalue weighted by Crippen LogP contribution is 2.32. The molecule has 2 bridgehead atoms. The van der Waals surface area contributed by atoms with E-state index in [1.165, 1.54) is 18.2 Å². The Morgan fingerprint density at radius 1 is 0.762 bits per heavy atom. The van der Waals surface area contributed by atoms with Crippen LogP contribution in [0.1, 0.15) is 48.5 Å². The lowest BCUT2D eigenvalue weighted by Crippen LogP contribution is -2.30. The maximum atomic E-state index is 13.5. The molecule has 2 aromatic heterocycles. The number of aromatic nitrogens is 1. The third kappa shape index (κ3) is 5.62. The van der Waals surface area contributed by atoms with E-state index >= 15 is 0 Å². The summed E-state index contributed by atoms with van der Waals surface area (Å²) in [6, 6.07) is 19.8. The van der Waals surface area contributed by atoms with Crippen LogP contribution in [-0.4, -0.2) is 40.9 Å². The fourth-order valence-corrected chi connectivity index (χ4v) is 5.36. The van der Waals surface area contributed by atoms with Crippen molar-refractivity contribution in [3.63, 3.8) is 0 Å². The molecule has 4 aromatic carbocycles. The van der Waals surface area contributed by atoms with E-state index in [1.807, 2.05) is 62.4 Å². The van der Waals surface area contributed by atoms with Crippen molar-refractivity contribution in [3.8, 4) is 0 Å². The highest BCUT2D eigenvalue weighted by Gasteiger charge is 2.26. The van der Waals surface area contributed by atoms with Crippen LogP contribution < -0.4 is 21.8 Å². The van der Waals surface area contributed by atoms with Gasteiger partial charge >= 0.3 is 5.97 Å². The first-order chi connectivity index (χ1) is 20.1. The summed E-state index contributed by atoms with van der Waals surface area (Å²) in [5.74, 6) is -2.17. The highest BCUT2D eigenvalue weighted by atomic mass is 16.4. The minimum Gasteiger partial charge on any atom is -0.478 e. The number of carbonyl (C=O) groups excluding carboxylic acids is 1. The predicted octanol–water partition coefficient (Wildman–Crippen LogP) is 3.92. The molecule has 0 saturated heterocycles. The van der Waals surface area contributed by atoms with Gasteiger partial charge in [0, 0.05) is 45.8 Å². The molecule has 2 heterocycles. The van der Waals surface area contributed by atoms with E-state index < -0.39 is 23.0 Å². The number of hydrogen-bond donors (Lipinski definition) is 5. The molecule has 0 spiro atoms. The Bertz CT molecular complexity index is 1980. The second-order valence-corrected chi connectivity index (χ2v) is 10.4. The fraction of sp³-hybridized carbons (Fsp3) is 0.182. The molecular weight excluding hydrogens is 532 g/mol. The Morgan fingerprint density at radius 3 is 1.86 bits per heavy atom. The number of carboxylic acid groups (broad SMARTS) is 1. The first kappa shape index (κ1) is 28.2. The standard InChI is InChI=1S/C33H30N4O5/c1-18-5-3-7-20(15-18)11-13-35-29(34)28-25(33(41)42)17-24(30(38)36-14-12-21-8-4-6-19(2)16-21)26-22-9-10-23(27(26)28)32(40)37-31(22)39/h3-10,15-17H,11-14H2,1-2H3,(H2,34,35)(H,36,38)(H,41,42)(H,37,39,40). The number of aromatic amines is 1. The largest absolute Gasteiger partial charge is 0.478 e. The molecule has 0 atom stereocenters. The molecule has 6 rings (SSSR count). The first-order valence-corrected chi connectivity index (χ1v) is 13.6. The molecule has 9 heteroatoms. The van der Waals surface area contributed by atoms with Crippen molar-refractivity contribution in [2.45, 2.75) is 26.7 Å². The van der Waals surface area contributed by atoms with Gasteiger partial charge in [0.05, 0.1) is 5.56 Å². The van der Waals surface area contributed by atoms with E-state index in [4.69, 9.17) is 5.41 Å². The van der Waals surface area contributed by atoms with Crippen LogP contribution in [0.25, 0.3) is 21.5 Å². The van der Waals surface area contributed by atoms with Crippen LogP contribution in [0.2, 0.25) is 0 Å². The number of carboxylic acids is 1. The first-order valence-electron chi connectivity index (χ1n) is 13.6. The molecule has 0 aliphatic rings. The number of H-pyrrole nitrogens is 1. The average Bonchev–Trinajstić information content (AvgIpc) is 3.15. The minimum absolute atomic E-state index is 0.0109. The third-order valence-electron chi connectivity index (χ3n) is 7.30. The number of amidine groups is 1. The normalized spacial score (nSPS) is 11.1. The molecule has 6 aromatic rings. The summed E-state index contributed by atoms with van der Waals surface area (Å²) >= 11 is 0. The monoisotopic (exact) mass is 562 g/mol. The van der Waals surface area contributed by atoms with Crippen LogP contribution in [0.3, 0.4) is 0 Å². The summed E-state index contributed by atoms with van der Waals surface area (Å²) in [7, 11) is 0. The Labute approximate surface area is 241 Å². The van der Waals surface area contributed by atoms with Crippen LogP contribution in [0.15, 0.2) is 76.3 Å². The average molecular weight is 563 g/mol. The van der Waals surface area contributed by atoms with Crippen molar-refractivity contribution in [1.82, 2.24) is 15.6 Å². The molecule has 0 aliphatic carbocycles. The number of fused-ring (bicyclic) bond motifs is 3. The van der Waals surface area contributed by atoms with Gasteiger partial charge in [0.1, 0.15) is 5.84 Å². The summed E-state index contributed by atoms with van der Waals surface area (Å²) in [5.41, 5.74) is 2.40. The van der Waals surface area contributed by atoms with Crippen molar-refractivity contribution in [3.05, 3.63) is 126 Å². The van der Waals surface area contributed by atoms with Gasteiger partial charge in [0.15, 0.2) is 0 Å². The number of nitrogens with one attached hydrogen (secondary N) is 4. The third-order valence-corrected chi connectivity index (χ3v) is 7.30. The molecule has 0 fully saturated rings. The number of benzene rings is 4.